The minimum absolute atomic E-state index is 0.101. The minimum atomic E-state index is -1.08. The Morgan fingerprint density at radius 1 is 1.55 bits per heavy atom. The number of hydrogen-bond acceptors (Lipinski definition) is 3. The van der Waals surface area contributed by atoms with Gasteiger partial charge >= 0.3 is 0 Å². The molecule has 66 valence electrons. The fourth-order valence-electron chi connectivity index (χ4n) is 1.03. The van der Waals surface area contributed by atoms with E-state index in [2.05, 4.69) is 0 Å². The number of rotatable bonds is 3. The highest BCUT2D eigenvalue weighted by molar-refractivity contribution is 5.68. The fraction of sp³-hybridized carbons (Fsp3) is 0.875. The molecule has 0 fully saturated rings. The quantitative estimate of drug-likeness (QED) is 0.619. The van der Waals surface area contributed by atoms with Gasteiger partial charge in [0.25, 0.3) is 0 Å². The predicted molar refractivity (Wildman–Crippen MR) is 39.7 cm³/mol. The van der Waals surface area contributed by atoms with Crippen molar-refractivity contribution >= 4 is 5.97 Å². The first-order chi connectivity index (χ1) is 4.89. The first kappa shape index (κ1) is 10.4. The molecule has 0 spiro atoms. The average Bonchev–Trinajstić information content (AvgIpc) is 1.79. The summed E-state index contributed by atoms with van der Waals surface area (Å²) in [6.07, 6.45) is 0.270. The van der Waals surface area contributed by atoms with Crippen LogP contribution in [-0.4, -0.2) is 17.7 Å². The van der Waals surface area contributed by atoms with E-state index in [1.807, 2.05) is 20.8 Å². The summed E-state index contributed by atoms with van der Waals surface area (Å²) in [5.41, 5.74) is -0.332. The Kier molecular flexibility index (Phi) is 3.52. The molecule has 0 aliphatic heterocycles. The molecule has 11 heavy (non-hydrogen) atoms. The molecule has 0 rings (SSSR count). The smallest absolute Gasteiger partial charge is 0.0451 e. The summed E-state index contributed by atoms with van der Waals surface area (Å²) >= 11 is 0. The van der Waals surface area contributed by atoms with Gasteiger partial charge in [0.15, 0.2) is 0 Å². The van der Waals surface area contributed by atoms with Crippen LogP contribution < -0.4 is 5.11 Å². The van der Waals surface area contributed by atoms with Crippen molar-refractivity contribution in [1.29, 1.82) is 0 Å². The summed E-state index contributed by atoms with van der Waals surface area (Å²) in [7, 11) is 0. The Bertz CT molecular complexity index is 135. The second-order valence-electron chi connectivity index (χ2n) is 3.75. The lowest BCUT2D eigenvalue weighted by atomic mass is 9.79. The third-order valence-corrected chi connectivity index (χ3v) is 1.75. The van der Waals surface area contributed by atoms with E-state index in [0.29, 0.717) is 0 Å². The summed E-state index contributed by atoms with van der Waals surface area (Å²) in [6.45, 7) is 5.37. The molecule has 1 atom stereocenters. The van der Waals surface area contributed by atoms with Crippen molar-refractivity contribution < 1.29 is 15.0 Å². The van der Waals surface area contributed by atoms with E-state index < -0.39 is 11.9 Å². The van der Waals surface area contributed by atoms with Gasteiger partial charge in [0.2, 0.25) is 0 Å². The molecular formula is C8H15O3-. The number of carboxylic acid groups (broad SMARTS) is 1. The largest absolute Gasteiger partial charge is 0.550 e. The van der Waals surface area contributed by atoms with Gasteiger partial charge in [0, 0.05) is 18.5 Å². The van der Waals surface area contributed by atoms with Gasteiger partial charge in [-0.05, 0) is 11.8 Å². The second kappa shape index (κ2) is 3.72. The number of aliphatic hydroxyl groups excluding tert-OH is 1. The molecule has 0 aromatic carbocycles. The third kappa shape index (κ3) is 3.37. The molecule has 0 saturated heterocycles. The Labute approximate surface area is 67.0 Å². The van der Waals surface area contributed by atoms with E-state index >= 15 is 0 Å². The third-order valence-electron chi connectivity index (χ3n) is 1.75. The molecule has 3 heteroatoms. The van der Waals surface area contributed by atoms with Gasteiger partial charge in [-0.25, -0.2) is 0 Å². The molecular weight excluding hydrogens is 144 g/mol. The van der Waals surface area contributed by atoms with Crippen LogP contribution in [0.5, 0.6) is 0 Å². The van der Waals surface area contributed by atoms with Crippen molar-refractivity contribution in [1.82, 2.24) is 0 Å². The Morgan fingerprint density at radius 3 is 2.09 bits per heavy atom. The van der Waals surface area contributed by atoms with Crippen LogP contribution in [0.4, 0.5) is 0 Å². The normalized spacial score (nSPS) is 14.5. The Morgan fingerprint density at radius 2 is 2.00 bits per heavy atom. The predicted octanol–water partition coefficient (Wildman–Crippen LogP) is -0.219. The zero-order chi connectivity index (χ0) is 9.07. The maximum absolute atomic E-state index is 10.5. The van der Waals surface area contributed by atoms with Crippen LogP contribution in [-0.2, 0) is 4.79 Å². The topological polar surface area (TPSA) is 60.4 Å². The van der Waals surface area contributed by atoms with E-state index in [1.54, 1.807) is 0 Å². The second-order valence-corrected chi connectivity index (χ2v) is 3.75. The molecule has 3 nitrogen and oxygen atoms in total. The van der Waals surface area contributed by atoms with E-state index in [4.69, 9.17) is 5.11 Å². The highest BCUT2D eigenvalue weighted by Crippen LogP contribution is 2.27. The first-order valence-electron chi connectivity index (χ1n) is 3.71. The molecule has 0 saturated carbocycles. The van der Waals surface area contributed by atoms with Gasteiger partial charge < -0.3 is 15.0 Å². The van der Waals surface area contributed by atoms with Crippen molar-refractivity contribution in [2.75, 3.05) is 6.61 Å². The molecule has 0 heterocycles. The molecule has 0 radical (unpaired) electrons. The van der Waals surface area contributed by atoms with Crippen molar-refractivity contribution in [3.8, 4) is 0 Å². The van der Waals surface area contributed by atoms with Crippen LogP contribution in [0.3, 0.4) is 0 Å². The van der Waals surface area contributed by atoms with Crippen LogP contribution in [0, 0.1) is 11.3 Å². The maximum atomic E-state index is 10.5. The molecule has 0 aliphatic rings. The monoisotopic (exact) mass is 159 g/mol. The number of carboxylic acids is 1. The van der Waals surface area contributed by atoms with Crippen LogP contribution in [0.1, 0.15) is 27.2 Å². The zero-order valence-electron chi connectivity index (χ0n) is 7.26. The zero-order valence-corrected chi connectivity index (χ0v) is 7.26. The lowest BCUT2D eigenvalue weighted by Crippen LogP contribution is -2.39. The lowest BCUT2D eigenvalue weighted by molar-refractivity contribution is -0.315. The highest BCUT2D eigenvalue weighted by atomic mass is 16.4. The van der Waals surface area contributed by atoms with Gasteiger partial charge in [-0.2, -0.15) is 0 Å². The Hall–Kier alpha value is -0.570. The van der Waals surface area contributed by atoms with Gasteiger partial charge in [-0.15, -0.1) is 0 Å². The van der Waals surface area contributed by atoms with Gasteiger partial charge in [0.05, 0.1) is 0 Å². The van der Waals surface area contributed by atoms with Crippen molar-refractivity contribution in [3.63, 3.8) is 0 Å². The van der Waals surface area contributed by atoms with Crippen molar-refractivity contribution in [2.24, 2.45) is 11.3 Å². The summed E-state index contributed by atoms with van der Waals surface area (Å²) in [5.74, 6) is -1.64. The van der Waals surface area contributed by atoms with Crippen molar-refractivity contribution in [2.45, 2.75) is 27.2 Å². The van der Waals surface area contributed by atoms with E-state index in [9.17, 15) is 9.90 Å². The number of aliphatic hydroxyl groups is 1. The molecule has 1 unspecified atom stereocenters. The summed E-state index contributed by atoms with van der Waals surface area (Å²) < 4.78 is 0. The number of carbonyl (C=O) groups excluding carboxylic acids is 1. The number of hydrogen-bond donors (Lipinski definition) is 1. The van der Waals surface area contributed by atoms with E-state index in [0.717, 1.165) is 0 Å². The maximum Gasteiger partial charge on any atom is 0.0451 e. The van der Waals surface area contributed by atoms with Crippen LogP contribution in [0.25, 0.3) is 0 Å². The minimum Gasteiger partial charge on any atom is -0.550 e. The average molecular weight is 159 g/mol. The lowest BCUT2D eigenvalue weighted by Gasteiger charge is -2.30. The summed E-state index contributed by atoms with van der Waals surface area (Å²) in [4.78, 5) is 10.5. The molecule has 0 amide bonds. The van der Waals surface area contributed by atoms with Gasteiger partial charge in [-0.3, -0.25) is 0 Å². The van der Waals surface area contributed by atoms with Crippen molar-refractivity contribution in [3.05, 3.63) is 0 Å². The fourth-order valence-corrected chi connectivity index (χ4v) is 1.03. The van der Waals surface area contributed by atoms with Crippen LogP contribution in [0.2, 0.25) is 0 Å². The summed E-state index contributed by atoms with van der Waals surface area (Å²) in [5, 5.41) is 19.1. The summed E-state index contributed by atoms with van der Waals surface area (Å²) in [6, 6.07) is 0. The first-order valence-corrected chi connectivity index (χ1v) is 3.71. The van der Waals surface area contributed by atoms with Gasteiger partial charge in [-0.1, -0.05) is 20.8 Å². The van der Waals surface area contributed by atoms with Gasteiger partial charge in [0.1, 0.15) is 0 Å². The van der Waals surface area contributed by atoms with Crippen LogP contribution >= 0.6 is 0 Å². The molecule has 0 aromatic heterocycles. The van der Waals surface area contributed by atoms with Crippen LogP contribution in [0.15, 0.2) is 0 Å². The molecule has 0 aromatic rings. The molecule has 0 bridgehead atoms. The van der Waals surface area contributed by atoms with E-state index in [-0.39, 0.29) is 18.4 Å². The SMILES string of the molecule is CC(C)(C)C(CCO)C(=O)[O-]. The molecule has 1 N–H and O–H groups in total. The highest BCUT2D eigenvalue weighted by Gasteiger charge is 2.24. The molecule has 0 aliphatic carbocycles. The van der Waals surface area contributed by atoms with E-state index in [1.165, 1.54) is 0 Å². The number of carbonyl (C=O) groups is 1. The standard InChI is InChI=1S/C8H16O3/c1-8(2,3)6(4-5-9)7(10)11/h6,9H,4-5H2,1-3H3,(H,10,11)/p-1. The number of aliphatic carboxylic acids is 1. The Balaban J connectivity index is 4.22.